The number of aliphatic carboxylic acids is 1. The average Bonchev–Trinajstić information content (AvgIpc) is 2.95. The summed E-state index contributed by atoms with van der Waals surface area (Å²) >= 11 is 1.25. The van der Waals surface area contributed by atoms with Crippen LogP contribution < -0.4 is 5.32 Å². The standard InChI is InChI=1S/C12H18N2O5S/c1-12(10(16)17)7-19-6-8(12)13-9(15)2-3-14-4-5-20-11(14)18/h8H,2-7H2,1H3,(H,13,15)(H,16,17). The lowest BCUT2D eigenvalue weighted by Crippen LogP contribution is -2.50. The summed E-state index contributed by atoms with van der Waals surface area (Å²) in [6.45, 7) is 2.89. The summed E-state index contributed by atoms with van der Waals surface area (Å²) in [7, 11) is 0. The molecule has 0 spiro atoms. The minimum Gasteiger partial charge on any atom is -0.481 e. The Morgan fingerprint density at radius 2 is 2.35 bits per heavy atom. The van der Waals surface area contributed by atoms with Crippen LogP contribution in [0.1, 0.15) is 13.3 Å². The van der Waals surface area contributed by atoms with Crippen molar-refractivity contribution in [3.05, 3.63) is 0 Å². The minimum absolute atomic E-state index is 0.00243. The highest BCUT2D eigenvalue weighted by Gasteiger charge is 2.47. The molecule has 2 rings (SSSR count). The maximum atomic E-state index is 11.9. The van der Waals surface area contributed by atoms with E-state index < -0.39 is 17.4 Å². The quantitative estimate of drug-likeness (QED) is 0.750. The van der Waals surface area contributed by atoms with Crippen molar-refractivity contribution < 1.29 is 24.2 Å². The third kappa shape index (κ3) is 3.06. The lowest BCUT2D eigenvalue weighted by Gasteiger charge is -2.25. The van der Waals surface area contributed by atoms with Gasteiger partial charge in [0.2, 0.25) is 5.91 Å². The first-order valence-corrected chi connectivity index (χ1v) is 7.44. The summed E-state index contributed by atoms with van der Waals surface area (Å²) in [6.07, 6.45) is 0.179. The monoisotopic (exact) mass is 302 g/mol. The number of carboxylic acid groups (broad SMARTS) is 1. The zero-order valence-corrected chi connectivity index (χ0v) is 12.1. The number of carboxylic acids is 1. The van der Waals surface area contributed by atoms with Gasteiger partial charge in [0.05, 0.1) is 19.3 Å². The number of nitrogens with one attached hydrogen (secondary N) is 1. The predicted octanol–water partition coefficient (Wildman–Crippen LogP) is 0.151. The highest BCUT2D eigenvalue weighted by atomic mass is 32.2. The van der Waals surface area contributed by atoms with Gasteiger partial charge in [-0.15, -0.1) is 0 Å². The zero-order chi connectivity index (χ0) is 14.8. The van der Waals surface area contributed by atoms with Crippen LogP contribution in [0.3, 0.4) is 0 Å². The number of thioether (sulfide) groups is 1. The molecule has 2 aliphatic rings. The highest BCUT2D eigenvalue weighted by Crippen LogP contribution is 2.28. The fraction of sp³-hybridized carbons (Fsp3) is 0.750. The first-order chi connectivity index (χ1) is 9.43. The molecule has 20 heavy (non-hydrogen) atoms. The maximum Gasteiger partial charge on any atom is 0.313 e. The SMILES string of the molecule is CC1(C(=O)O)COCC1NC(=O)CCN1CCSC1=O. The van der Waals surface area contributed by atoms with Gasteiger partial charge in [-0.3, -0.25) is 14.4 Å². The van der Waals surface area contributed by atoms with Crippen LogP contribution in [0.4, 0.5) is 4.79 Å². The number of ether oxygens (including phenoxy) is 1. The molecule has 7 nitrogen and oxygen atoms in total. The molecule has 112 valence electrons. The van der Waals surface area contributed by atoms with Crippen LogP contribution >= 0.6 is 11.8 Å². The Hall–Kier alpha value is -1.28. The van der Waals surface area contributed by atoms with Gasteiger partial charge in [-0.2, -0.15) is 0 Å². The van der Waals surface area contributed by atoms with E-state index in [0.29, 0.717) is 13.1 Å². The van der Waals surface area contributed by atoms with Crippen LogP contribution in [0.5, 0.6) is 0 Å². The lowest BCUT2D eigenvalue weighted by molar-refractivity contribution is -0.149. The molecular weight excluding hydrogens is 284 g/mol. The summed E-state index contributed by atoms with van der Waals surface area (Å²) in [5.41, 5.74) is -1.09. The van der Waals surface area contributed by atoms with Gasteiger partial charge in [0.1, 0.15) is 5.41 Å². The number of nitrogens with zero attached hydrogens (tertiary/aromatic N) is 1. The Balaban J connectivity index is 1.82. The minimum atomic E-state index is -1.09. The van der Waals surface area contributed by atoms with Crippen LogP contribution in [-0.2, 0) is 14.3 Å². The van der Waals surface area contributed by atoms with Gasteiger partial charge in [-0.25, -0.2) is 0 Å². The van der Waals surface area contributed by atoms with E-state index in [1.165, 1.54) is 11.8 Å². The van der Waals surface area contributed by atoms with Crippen LogP contribution in [0.2, 0.25) is 0 Å². The van der Waals surface area contributed by atoms with Crippen molar-refractivity contribution in [2.45, 2.75) is 19.4 Å². The molecule has 2 fully saturated rings. The highest BCUT2D eigenvalue weighted by molar-refractivity contribution is 8.13. The van der Waals surface area contributed by atoms with E-state index in [4.69, 9.17) is 4.74 Å². The van der Waals surface area contributed by atoms with E-state index in [1.807, 2.05) is 0 Å². The third-order valence-corrected chi connectivity index (χ3v) is 4.62. The molecule has 0 radical (unpaired) electrons. The Morgan fingerprint density at radius 1 is 1.60 bits per heavy atom. The molecule has 0 aromatic rings. The number of carbonyl (C=O) groups excluding carboxylic acids is 2. The third-order valence-electron chi connectivity index (χ3n) is 3.73. The average molecular weight is 302 g/mol. The predicted molar refractivity (Wildman–Crippen MR) is 72.5 cm³/mol. The van der Waals surface area contributed by atoms with Gasteiger partial charge in [-0.05, 0) is 6.92 Å². The summed E-state index contributed by atoms with van der Waals surface area (Å²) in [4.78, 5) is 36.1. The van der Waals surface area contributed by atoms with E-state index in [9.17, 15) is 19.5 Å². The second-order valence-corrected chi connectivity index (χ2v) is 6.26. The Kier molecular flexibility index (Phi) is 4.54. The molecule has 2 atom stereocenters. The number of amides is 2. The molecule has 2 heterocycles. The fourth-order valence-electron chi connectivity index (χ4n) is 2.22. The molecule has 8 heteroatoms. The molecule has 0 bridgehead atoms. The molecule has 0 aromatic carbocycles. The number of rotatable bonds is 5. The van der Waals surface area contributed by atoms with Crippen molar-refractivity contribution in [1.29, 1.82) is 0 Å². The molecule has 2 amide bonds. The van der Waals surface area contributed by atoms with E-state index in [-0.39, 0.29) is 30.8 Å². The van der Waals surface area contributed by atoms with Crippen molar-refractivity contribution in [2.24, 2.45) is 5.41 Å². The maximum absolute atomic E-state index is 11.9. The molecular formula is C12H18N2O5S. The van der Waals surface area contributed by atoms with Gasteiger partial charge in [0.25, 0.3) is 5.24 Å². The van der Waals surface area contributed by atoms with Crippen LogP contribution in [0.25, 0.3) is 0 Å². The summed E-state index contributed by atoms with van der Waals surface area (Å²) in [6, 6.07) is -0.531. The molecule has 2 unspecified atom stereocenters. The van der Waals surface area contributed by atoms with Gasteiger partial charge in [0.15, 0.2) is 0 Å². The smallest absolute Gasteiger partial charge is 0.313 e. The van der Waals surface area contributed by atoms with Crippen molar-refractivity contribution in [3.63, 3.8) is 0 Å². The normalized spacial score (nSPS) is 29.8. The van der Waals surface area contributed by atoms with Gasteiger partial charge in [0, 0.05) is 25.3 Å². The van der Waals surface area contributed by atoms with Crippen LogP contribution in [-0.4, -0.2) is 65.2 Å². The van der Waals surface area contributed by atoms with Crippen LogP contribution in [0, 0.1) is 5.41 Å². The second-order valence-electron chi connectivity index (χ2n) is 5.21. The zero-order valence-electron chi connectivity index (χ0n) is 11.3. The summed E-state index contributed by atoms with van der Waals surface area (Å²) in [5, 5.41) is 11.9. The molecule has 2 N–H and O–H groups in total. The van der Waals surface area contributed by atoms with Crippen LogP contribution in [0.15, 0.2) is 0 Å². The van der Waals surface area contributed by atoms with Crippen molar-refractivity contribution in [2.75, 3.05) is 32.1 Å². The van der Waals surface area contributed by atoms with E-state index >= 15 is 0 Å². The molecule has 0 aromatic heterocycles. The molecule has 0 saturated carbocycles. The van der Waals surface area contributed by atoms with Gasteiger partial charge in [-0.1, -0.05) is 11.8 Å². The molecule has 2 saturated heterocycles. The first-order valence-electron chi connectivity index (χ1n) is 6.45. The van der Waals surface area contributed by atoms with Gasteiger partial charge >= 0.3 is 5.97 Å². The molecule has 0 aliphatic carbocycles. The fourth-order valence-corrected chi connectivity index (χ4v) is 3.07. The summed E-state index contributed by atoms with van der Waals surface area (Å²) in [5.74, 6) is -0.474. The lowest BCUT2D eigenvalue weighted by atomic mass is 9.85. The second kappa shape index (κ2) is 6.01. The molecule has 2 aliphatic heterocycles. The van der Waals surface area contributed by atoms with E-state index in [2.05, 4.69) is 5.32 Å². The summed E-state index contributed by atoms with van der Waals surface area (Å²) < 4.78 is 5.17. The Labute approximate surface area is 121 Å². The Bertz CT molecular complexity index is 430. The largest absolute Gasteiger partial charge is 0.481 e. The van der Waals surface area contributed by atoms with Crippen molar-refractivity contribution >= 4 is 28.9 Å². The van der Waals surface area contributed by atoms with Crippen molar-refractivity contribution in [1.82, 2.24) is 10.2 Å². The van der Waals surface area contributed by atoms with E-state index in [0.717, 1.165) is 5.75 Å². The Morgan fingerprint density at radius 3 is 2.95 bits per heavy atom. The number of hydrogen-bond donors (Lipinski definition) is 2. The number of carbonyl (C=O) groups is 3. The van der Waals surface area contributed by atoms with Gasteiger partial charge < -0.3 is 20.1 Å². The first kappa shape index (κ1) is 15.1. The van der Waals surface area contributed by atoms with Crippen molar-refractivity contribution in [3.8, 4) is 0 Å². The van der Waals surface area contributed by atoms with E-state index in [1.54, 1.807) is 11.8 Å². The topological polar surface area (TPSA) is 95.9 Å². The number of hydrogen-bond acceptors (Lipinski definition) is 5.